The fourth-order valence-electron chi connectivity index (χ4n) is 1.75. The van der Waals surface area contributed by atoms with E-state index >= 15 is 0 Å². The summed E-state index contributed by atoms with van der Waals surface area (Å²) in [6.07, 6.45) is 0. The maximum absolute atomic E-state index is 11.2. The molecule has 2 aromatic rings. The second-order valence-electron chi connectivity index (χ2n) is 3.45. The van der Waals surface area contributed by atoms with Crippen LogP contribution in [0.5, 0.6) is 0 Å². The predicted molar refractivity (Wildman–Crippen MR) is 61.7 cm³/mol. The molecule has 0 unspecified atom stereocenters. The van der Waals surface area contributed by atoms with Crippen LogP contribution in [0.3, 0.4) is 0 Å². The smallest absolute Gasteiger partial charge is 0.295 e. The molecule has 0 amide bonds. The zero-order valence-corrected chi connectivity index (χ0v) is 9.24. The summed E-state index contributed by atoms with van der Waals surface area (Å²) in [7, 11) is -4.20. The van der Waals surface area contributed by atoms with Gasteiger partial charge in [0.1, 0.15) is 4.90 Å². The van der Waals surface area contributed by atoms with Gasteiger partial charge in [-0.2, -0.15) is 8.42 Å². The van der Waals surface area contributed by atoms with Gasteiger partial charge in [0.25, 0.3) is 10.1 Å². The lowest BCUT2D eigenvalue weighted by atomic mass is 10.0. The van der Waals surface area contributed by atoms with Crippen LogP contribution in [0.1, 0.15) is 5.56 Å². The van der Waals surface area contributed by atoms with Crippen molar-refractivity contribution in [2.75, 3.05) is 0 Å². The molecule has 4 nitrogen and oxygen atoms in total. The average molecular weight is 237 g/mol. The van der Waals surface area contributed by atoms with Gasteiger partial charge in [-0.05, 0) is 17.0 Å². The van der Waals surface area contributed by atoms with Crippen LogP contribution < -0.4 is 5.73 Å². The highest BCUT2D eigenvalue weighted by atomic mass is 32.2. The minimum atomic E-state index is -4.20. The Balaban J connectivity index is 2.90. The molecule has 2 rings (SSSR count). The summed E-state index contributed by atoms with van der Waals surface area (Å²) in [5, 5.41) is 1.24. The molecule has 0 bridgehead atoms. The first kappa shape index (κ1) is 11.1. The van der Waals surface area contributed by atoms with Crippen LogP contribution in [0.4, 0.5) is 0 Å². The predicted octanol–water partition coefficient (Wildman–Crippen LogP) is 1.55. The Morgan fingerprint density at radius 1 is 1.06 bits per heavy atom. The highest BCUT2D eigenvalue weighted by Crippen LogP contribution is 2.25. The van der Waals surface area contributed by atoms with Gasteiger partial charge in [0.2, 0.25) is 0 Å². The Kier molecular flexibility index (Phi) is 2.67. The Morgan fingerprint density at radius 2 is 1.69 bits per heavy atom. The molecule has 84 valence electrons. The van der Waals surface area contributed by atoms with Crippen molar-refractivity contribution in [1.82, 2.24) is 0 Å². The second kappa shape index (κ2) is 3.86. The third-order valence-electron chi connectivity index (χ3n) is 2.47. The van der Waals surface area contributed by atoms with Crippen LogP contribution in [-0.4, -0.2) is 13.0 Å². The van der Waals surface area contributed by atoms with Crippen molar-refractivity contribution in [2.45, 2.75) is 11.4 Å². The molecule has 0 aliphatic carbocycles. The fourth-order valence-corrected chi connectivity index (χ4v) is 2.46. The maximum Gasteiger partial charge on any atom is 0.295 e. The van der Waals surface area contributed by atoms with Gasteiger partial charge in [-0.15, -0.1) is 0 Å². The topological polar surface area (TPSA) is 80.4 Å². The van der Waals surface area contributed by atoms with Crippen LogP contribution in [0.25, 0.3) is 10.8 Å². The molecule has 0 saturated heterocycles. The van der Waals surface area contributed by atoms with Gasteiger partial charge in [0.05, 0.1) is 0 Å². The van der Waals surface area contributed by atoms with Crippen LogP contribution >= 0.6 is 0 Å². The Bertz CT molecular complexity index is 635. The quantitative estimate of drug-likeness (QED) is 0.776. The lowest BCUT2D eigenvalue weighted by molar-refractivity contribution is 0.484. The van der Waals surface area contributed by atoms with Gasteiger partial charge >= 0.3 is 0 Å². The van der Waals surface area contributed by atoms with E-state index in [0.717, 1.165) is 10.9 Å². The van der Waals surface area contributed by atoms with Gasteiger partial charge in [-0.25, -0.2) is 0 Å². The number of hydrogen-bond acceptors (Lipinski definition) is 3. The van der Waals surface area contributed by atoms with Crippen molar-refractivity contribution in [3.05, 3.63) is 42.0 Å². The third kappa shape index (κ3) is 1.80. The fraction of sp³-hybridized carbons (Fsp3) is 0.0909. The Hall–Kier alpha value is -1.43. The summed E-state index contributed by atoms with van der Waals surface area (Å²) in [6, 6.07) is 9.95. The molecule has 0 spiro atoms. The minimum absolute atomic E-state index is 0.0831. The van der Waals surface area contributed by atoms with E-state index in [-0.39, 0.29) is 4.90 Å². The Labute approximate surface area is 93.4 Å². The third-order valence-corrected chi connectivity index (χ3v) is 3.38. The molecule has 0 heterocycles. The van der Waals surface area contributed by atoms with Gasteiger partial charge in [-0.3, -0.25) is 4.55 Å². The molecule has 0 aromatic heterocycles. The molecule has 2 aromatic carbocycles. The molecular formula is C11H11NO3S. The van der Waals surface area contributed by atoms with E-state index in [1.165, 1.54) is 6.07 Å². The van der Waals surface area contributed by atoms with Gasteiger partial charge in [-0.1, -0.05) is 30.3 Å². The van der Waals surface area contributed by atoms with Crippen molar-refractivity contribution in [3.63, 3.8) is 0 Å². The summed E-state index contributed by atoms with van der Waals surface area (Å²) < 4.78 is 31.4. The molecule has 5 heteroatoms. The summed E-state index contributed by atoms with van der Waals surface area (Å²) >= 11 is 0. The van der Waals surface area contributed by atoms with E-state index in [1.807, 2.05) is 6.07 Å². The number of rotatable bonds is 2. The van der Waals surface area contributed by atoms with Crippen molar-refractivity contribution in [1.29, 1.82) is 0 Å². The van der Waals surface area contributed by atoms with E-state index < -0.39 is 10.1 Å². The second-order valence-corrected chi connectivity index (χ2v) is 4.84. The SMILES string of the molecule is NCc1cccc2c(S(=O)(=O)O)cccc12. The van der Waals surface area contributed by atoms with Crippen LogP contribution in [0, 0.1) is 0 Å². The van der Waals surface area contributed by atoms with Gasteiger partial charge in [0.15, 0.2) is 0 Å². The van der Waals surface area contributed by atoms with Gasteiger partial charge < -0.3 is 5.73 Å². The van der Waals surface area contributed by atoms with Crippen molar-refractivity contribution in [2.24, 2.45) is 5.73 Å². The molecule has 3 N–H and O–H groups in total. The molecule has 0 aliphatic heterocycles. The molecule has 0 saturated carbocycles. The van der Waals surface area contributed by atoms with E-state index in [2.05, 4.69) is 0 Å². The van der Waals surface area contributed by atoms with Gasteiger partial charge in [0, 0.05) is 11.9 Å². The molecule has 0 aliphatic rings. The molecule has 0 atom stereocenters. The summed E-state index contributed by atoms with van der Waals surface area (Å²) in [5.41, 5.74) is 6.41. The van der Waals surface area contributed by atoms with E-state index in [4.69, 9.17) is 10.3 Å². The van der Waals surface area contributed by atoms with Crippen molar-refractivity contribution in [3.8, 4) is 0 Å². The largest absolute Gasteiger partial charge is 0.326 e. The lowest BCUT2D eigenvalue weighted by Gasteiger charge is -2.07. The summed E-state index contributed by atoms with van der Waals surface area (Å²) in [4.78, 5) is -0.0831. The summed E-state index contributed by atoms with van der Waals surface area (Å²) in [5.74, 6) is 0. The lowest BCUT2D eigenvalue weighted by Crippen LogP contribution is -2.01. The zero-order valence-electron chi connectivity index (χ0n) is 8.42. The standard InChI is InChI=1S/C11H11NO3S/c12-7-8-3-1-5-10-9(8)4-2-6-11(10)16(13,14)15/h1-6H,7,12H2,(H,13,14,15). The highest BCUT2D eigenvalue weighted by molar-refractivity contribution is 7.86. The molecule has 0 fully saturated rings. The number of fused-ring (bicyclic) bond motifs is 1. The molecule has 16 heavy (non-hydrogen) atoms. The monoisotopic (exact) mass is 237 g/mol. The van der Waals surface area contributed by atoms with E-state index in [1.54, 1.807) is 24.3 Å². The van der Waals surface area contributed by atoms with Crippen molar-refractivity contribution < 1.29 is 13.0 Å². The summed E-state index contributed by atoms with van der Waals surface area (Å²) in [6.45, 7) is 0.326. The van der Waals surface area contributed by atoms with Crippen LogP contribution in [0.15, 0.2) is 41.3 Å². The van der Waals surface area contributed by atoms with E-state index in [0.29, 0.717) is 11.9 Å². The first-order valence-electron chi connectivity index (χ1n) is 4.72. The normalized spacial score (nSPS) is 11.9. The number of benzene rings is 2. The highest BCUT2D eigenvalue weighted by Gasteiger charge is 2.14. The van der Waals surface area contributed by atoms with Crippen LogP contribution in [0.2, 0.25) is 0 Å². The number of hydrogen-bond donors (Lipinski definition) is 2. The van der Waals surface area contributed by atoms with Crippen molar-refractivity contribution >= 4 is 20.9 Å². The minimum Gasteiger partial charge on any atom is -0.326 e. The molecular weight excluding hydrogens is 226 g/mol. The first-order valence-corrected chi connectivity index (χ1v) is 6.16. The average Bonchev–Trinajstić information content (AvgIpc) is 2.26. The maximum atomic E-state index is 11.2. The molecule has 0 radical (unpaired) electrons. The van der Waals surface area contributed by atoms with Crippen LogP contribution in [-0.2, 0) is 16.7 Å². The first-order chi connectivity index (χ1) is 7.54. The zero-order chi connectivity index (χ0) is 11.8. The number of nitrogens with two attached hydrogens (primary N) is 1. The Morgan fingerprint density at radius 3 is 2.31 bits per heavy atom. The van der Waals surface area contributed by atoms with E-state index in [9.17, 15) is 8.42 Å².